The lowest BCUT2D eigenvalue weighted by Gasteiger charge is -2.29. The van der Waals surface area contributed by atoms with E-state index < -0.39 is 151 Å². The molecule has 2 rings (SSSR count). The van der Waals surface area contributed by atoms with E-state index in [-0.39, 0.29) is 90.0 Å². The van der Waals surface area contributed by atoms with Gasteiger partial charge in [-0.15, -0.1) is 0 Å². The molecule has 1 fully saturated rings. The molecule has 29 heteroatoms. The minimum atomic E-state index is -1.70. The highest BCUT2D eigenvalue weighted by atomic mass is 16.3. The first-order chi connectivity index (χ1) is 39.8. The van der Waals surface area contributed by atoms with Gasteiger partial charge in [0, 0.05) is 19.4 Å². The van der Waals surface area contributed by atoms with E-state index in [1.807, 2.05) is 0 Å². The summed E-state index contributed by atoms with van der Waals surface area (Å²) in [5.41, 5.74) is 29.9. The third-order valence-corrected chi connectivity index (χ3v) is 13.6. The second kappa shape index (κ2) is 38.9. The minimum absolute atomic E-state index is 0.0181. The topological polar surface area (TPSA) is 491 Å². The van der Waals surface area contributed by atoms with Crippen LogP contribution in [0.4, 0.5) is 0 Å². The molecule has 29 nitrogen and oxygen atoms in total. The molecule has 0 aliphatic carbocycles. The van der Waals surface area contributed by atoms with Crippen LogP contribution in [0.25, 0.3) is 0 Å². The summed E-state index contributed by atoms with van der Waals surface area (Å²) in [5.74, 6) is -9.52. The Kier molecular flexibility index (Phi) is 33.9. The average Bonchev–Trinajstić information content (AvgIpc) is 3.63. The lowest BCUT2D eigenvalue weighted by Crippen LogP contribution is -2.62. The number of aliphatic hydroxyl groups excluding tert-OH is 2. The summed E-state index contributed by atoms with van der Waals surface area (Å²) in [6.07, 6.45) is -2.10. The highest BCUT2D eigenvalue weighted by Gasteiger charge is 2.37. The number of carbonyl (C=O) groups excluding carboxylic acids is 11. The SMILES string of the molecule is CC(C)CCCCC(=O)N[C@@H](CCN)C(=O)N[C@H](C(=O)N[C@@H](CCN)C(=O)N[C@H]1CCNC(=O)[C@H]([C@@H](C)O)NC(=O)[C@H](CCN)NC(=O)[C@H](CCN)NC(=O)[C@H](CC(C)C)NC(=O)[C@@H](Cc2ccccc2)NC(=O)[C@H](CCN)NC1=O)[C@@H](C)O. The zero-order valence-electron chi connectivity index (χ0n) is 49.5. The van der Waals surface area contributed by atoms with Crippen LogP contribution in [-0.2, 0) is 59.2 Å². The summed E-state index contributed by atoms with van der Waals surface area (Å²) in [6, 6.07) is -6.23. The van der Waals surface area contributed by atoms with Crippen molar-refractivity contribution < 1.29 is 63.0 Å². The van der Waals surface area contributed by atoms with Crippen LogP contribution in [0.1, 0.15) is 118 Å². The molecule has 0 aromatic heterocycles. The largest absolute Gasteiger partial charge is 0.391 e. The van der Waals surface area contributed by atoms with Crippen molar-refractivity contribution in [2.45, 2.75) is 191 Å². The van der Waals surface area contributed by atoms with Gasteiger partial charge in [-0.3, -0.25) is 52.7 Å². The number of nitrogens with two attached hydrogens (primary N) is 5. The van der Waals surface area contributed by atoms with E-state index in [4.69, 9.17) is 28.7 Å². The number of amides is 11. The Morgan fingerprint density at radius 1 is 0.536 bits per heavy atom. The first kappa shape index (κ1) is 73.2. The van der Waals surface area contributed by atoms with Gasteiger partial charge in [0.05, 0.1) is 12.2 Å². The first-order valence-electron chi connectivity index (χ1n) is 29.0. The standard InChI is InChI=1S/C55H96N16O13/c1-30(2)12-10-11-15-43(74)62-35(16-22-56)50(79)71-45(33(6)73)55(84)67-38(19-25-59)47(76)66-40-21-27-61-54(83)44(32(5)72)70-51(80)39(20-26-60)64-46(75)36(17-23-57)65-52(81)41(28-31(3)4)68-53(82)42(29-34-13-8-7-9-14-34)69-48(77)37(18-24-58)63-49(40)78/h7-9,13-14,30-33,35-42,44-45,72-73H,10-12,15-29,56-60H2,1-6H3,(H,61,83)(H,62,74)(H,63,78)(H,64,75)(H,65,81)(H,66,76)(H,67,84)(H,68,82)(H,69,77)(H,70,80)(H,71,79)/t32-,33-,35+,36+,37+,38+,39+,40+,41+,42-,44+,45+/m1/s1. The van der Waals surface area contributed by atoms with E-state index in [1.165, 1.54) is 13.8 Å². The Labute approximate surface area is 491 Å². The van der Waals surface area contributed by atoms with Gasteiger partial charge in [-0.05, 0) is 115 Å². The van der Waals surface area contributed by atoms with E-state index in [0.717, 1.165) is 12.8 Å². The van der Waals surface area contributed by atoms with Crippen molar-refractivity contribution >= 4 is 65.0 Å². The second-order valence-electron chi connectivity index (χ2n) is 21.9. The smallest absolute Gasteiger partial charge is 0.245 e. The van der Waals surface area contributed by atoms with Crippen molar-refractivity contribution in [3.63, 3.8) is 0 Å². The zero-order chi connectivity index (χ0) is 63.1. The number of nitrogens with one attached hydrogen (secondary N) is 11. The number of carbonyl (C=O) groups is 11. The molecule has 0 bridgehead atoms. The highest BCUT2D eigenvalue weighted by molar-refractivity contribution is 5.99. The van der Waals surface area contributed by atoms with Crippen molar-refractivity contribution in [1.29, 1.82) is 0 Å². The van der Waals surface area contributed by atoms with E-state index in [2.05, 4.69) is 72.3 Å². The summed E-state index contributed by atoms with van der Waals surface area (Å²) in [5, 5.41) is 49.6. The van der Waals surface area contributed by atoms with Crippen LogP contribution >= 0.6 is 0 Å². The number of hydrogen-bond acceptors (Lipinski definition) is 18. The van der Waals surface area contributed by atoms with Gasteiger partial charge in [0.25, 0.3) is 0 Å². The Balaban J connectivity index is 2.69. The molecular weight excluding hydrogens is 1090 g/mol. The van der Waals surface area contributed by atoms with Crippen molar-refractivity contribution in [1.82, 2.24) is 58.5 Å². The highest BCUT2D eigenvalue weighted by Crippen LogP contribution is 2.12. The molecular formula is C55H96N16O13. The molecule has 11 amide bonds. The number of hydrogen-bond donors (Lipinski definition) is 18. The van der Waals surface area contributed by atoms with E-state index in [0.29, 0.717) is 17.9 Å². The molecule has 1 saturated heterocycles. The van der Waals surface area contributed by atoms with Crippen LogP contribution in [0.5, 0.6) is 0 Å². The van der Waals surface area contributed by atoms with Gasteiger partial charge in [-0.2, -0.15) is 0 Å². The van der Waals surface area contributed by atoms with Crippen molar-refractivity contribution in [3.05, 3.63) is 35.9 Å². The lowest BCUT2D eigenvalue weighted by molar-refractivity contribution is -0.137. The number of aliphatic hydroxyl groups is 2. The third-order valence-electron chi connectivity index (χ3n) is 13.6. The molecule has 1 heterocycles. The van der Waals surface area contributed by atoms with Crippen LogP contribution in [0.2, 0.25) is 0 Å². The van der Waals surface area contributed by atoms with Crippen LogP contribution in [0.15, 0.2) is 30.3 Å². The molecule has 1 aliphatic heterocycles. The Bertz CT molecular complexity index is 2290. The van der Waals surface area contributed by atoms with Gasteiger partial charge in [0.2, 0.25) is 65.0 Å². The molecule has 1 aliphatic rings. The van der Waals surface area contributed by atoms with Gasteiger partial charge >= 0.3 is 0 Å². The zero-order valence-corrected chi connectivity index (χ0v) is 49.5. The summed E-state index contributed by atoms with van der Waals surface area (Å²) in [6.45, 7) is 8.92. The number of benzene rings is 1. The molecule has 84 heavy (non-hydrogen) atoms. The van der Waals surface area contributed by atoms with Gasteiger partial charge < -0.3 is 97.4 Å². The lowest BCUT2D eigenvalue weighted by atomic mass is 10.00. The van der Waals surface area contributed by atoms with Crippen molar-refractivity contribution in [2.24, 2.45) is 40.5 Å². The molecule has 12 atom stereocenters. The van der Waals surface area contributed by atoms with E-state index >= 15 is 0 Å². The molecule has 23 N–H and O–H groups in total. The van der Waals surface area contributed by atoms with Gasteiger partial charge in [-0.1, -0.05) is 70.9 Å². The van der Waals surface area contributed by atoms with Crippen molar-refractivity contribution in [2.75, 3.05) is 39.3 Å². The van der Waals surface area contributed by atoms with Crippen LogP contribution < -0.4 is 87.2 Å². The average molecular weight is 1190 g/mol. The molecule has 0 radical (unpaired) electrons. The molecule has 474 valence electrons. The minimum Gasteiger partial charge on any atom is -0.391 e. The van der Waals surface area contributed by atoms with E-state index in [1.54, 1.807) is 44.2 Å². The summed E-state index contributed by atoms with van der Waals surface area (Å²) >= 11 is 0. The second-order valence-corrected chi connectivity index (χ2v) is 21.9. The maximum atomic E-state index is 14.5. The quantitative estimate of drug-likeness (QED) is 0.0348. The van der Waals surface area contributed by atoms with Crippen LogP contribution in [0.3, 0.4) is 0 Å². The normalized spacial score (nSPS) is 22.7. The molecule has 1 aromatic rings. The maximum absolute atomic E-state index is 14.5. The predicted octanol–water partition coefficient (Wildman–Crippen LogP) is -5.63. The van der Waals surface area contributed by atoms with Crippen LogP contribution in [-0.4, -0.2) is 187 Å². The summed E-state index contributed by atoms with van der Waals surface area (Å²) in [4.78, 5) is 154. The van der Waals surface area contributed by atoms with Gasteiger partial charge in [-0.25, -0.2) is 0 Å². The fourth-order valence-electron chi connectivity index (χ4n) is 8.98. The van der Waals surface area contributed by atoms with Crippen molar-refractivity contribution in [3.8, 4) is 0 Å². The fourth-order valence-corrected chi connectivity index (χ4v) is 8.98. The molecule has 1 aromatic carbocycles. The maximum Gasteiger partial charge on any atom is 0.245 e. The Morgan fingerprint density at radius 2 is 1.02 bits per heavy atom. The Morgan fingerprint density at radius 3 is 1.52 bits per heavy atom. The monoisotopic (exact) mass is 1190 g/mol. The van der Waals surface area contributed by atoms with Gasteiger partial charge in [0.15, 0.2) is 0 Å². The number of rotatable bonds is 28. The fraction of sp³-hybridized carbons (Fsp3) is 0.691. The summed E-state index contributed by atoms with van der Waals surface area (Å²) < 4.78 is 0. The van der Waals surface area contributed by atoms with E-state index in [9.17, 15) is 63.0 Å². The Hall–Kier alpha value is -6.89. The number of unbranched alkanes of at least 4 members (excludes halogenated alkanes) is 1. The first-order valence-corrected chi connectivity index (χ1v) is 29.0. The third kappa shape index (κ3) is 26.4. The molecule has 0 unspecified atom stereocenters. The predicted molar refractivity (Wildman–Crippen MR) is 312 cm³/mol. The summed E-state index contributed by atoms with van der Waals surface area (Å²) in [7, 11) is 0. The molecule has 0 spiro atoms. The molecule has 0 saturated carbocycles. The van der Waals surface area contributed by atoms with Crippen LogP contribution in [0, 0.1) is 11.8 Å². The van der Waals surface area contributed by atoms with Gasteiger partial charge in [0.1, 0.15) is 60.4 Å².